The van der Waals surface area contributed by atoms with Gasteiger partial charge in [0.15, 0.2) is 6.61 Å². The SMILES string of the molecule is Cc1ccc(C(CC(=O)O)c2ccc3c(c2)nnn3C)cc1OCC(=O)N(C)C. The standard InChI is InChI=1S/C21H24N4O4/c1-13-5-6-15(10-19(13)29-12-20(26)24(2)3)16(11-21(27)28)14-7-8-18-17(9-14)22-23-25(18)4/h5-10,16H,11-12H2,1-4H3,(H,27,28). The Balaban J connectivity index is 1.96. The minimum Gasteiger partial charge on any atom is -0.483 e. The number of carbonyl (C=O) groups excluding carboxylic acids is 1. The Morgan fingerprint density at radius 2 is 1.86 bits per heavy atom. The zero-order valence-corrected chi connectivity index (χ0v) is 16.9. The Bertz CT molecular complexity index is 1060. The minimum atomic E-state index is -0.903. The maximum Gasteiger partial charge on any atom is 0.304 e. The van der Waals surface area contributed by atoms with E-state index in [4.69, 9.17) is 4.74 Å². The van der Waals surface area contributed by atoms with Crippen LogP contribution in [0.5, 0.6) is 5.75 Å². The van der Waals surface area contributed by atoms with Crippen LogP contribution >= 0.6 is 0 Å². The van der Waals surface area contributed by atoms with Gasteiger partial charge < -0.3 is 14.7 Å². The Labute approximate surface area is 168 Å². The fourth-order valence-electron chi connectivity index (χ4n) is 3.13. The van der Waals surface area contributed by atoms with Gasteiger partial charge in [0.05, 0.1) is 11.9 Å². The van der Waals surface area contributed by atoms with E-state index >= 15 is 0 Å². The molecule has 0 bridgehead atoms. The van der Waals surface area contributed by atoms with Crippen LogP contribution in [0.15, 0.2) is 36.4 Å². The van der Waals surface area contributed by atoms with E-state index in [1.807, 2.05) is 50.4 Å². The molecule has 0 aliphatic carbocycles. The van der Waals surface area contributed by atoms with Gasteiger partial charge in [-0.15, -0.1) is 5.10 Å². The molecular formula is C21H24N4O4. The number of rotatable bonds is 7. The molecule has 1 atom stereocenters. The van der Waals surface area contributed by atoms with Crippen molar-refractivity contribution in [3.63, 3.8) is 0 Å². The zero-order chi connectivity index (χ0) is 21.1. The average molecular weight is 396 g/mol. The number of fused-ring (bicyclic) bond motifs is 1. The number of carbonyl (C=O) groups is 2. The Morgan fingerprint density at radius 1 is 1.17 bits per heavy atom. The molecule has 1 heterocycles. The second-order valence-electron chi connectivity index (χ2n) is 7.21. The molecule has 0 aliphatic rings. The molecule has 0 aliphatic heterocycles. The summed E-state index contributed by atoms with van der Waals surface area (Å²) in [5.41, 5.74) is 4.09. The highest BCUT2D eigenvalue weighted by atomic mass is 16.5. The number of hydrogen-bond donors (Lipinski definition) is 1. The van der Waals surface area contributed by atoms with Crippen molar-refractivity contribution in [2.75, 3.05) is 20.7 Å². The third-order valence-corrected chi connectivity index (χ3v) is 4.88. The molecule has 1 N–H and O–H groups in total. The molecule has 29 heavy (non-hydrogen) atoms. The molecule has 0 spiro atoms. The molecule has 1 amide bonds. The van der Waals surface area contributed by atoms with Crippen LogP contribution in [-0.4, -0.2) is 57.6 Å². The van der Waals surface area contributed by atoms with Crippen molar-refractivity contribution in [2.24, 2.45) is 7.05 Å². The van der Waals surface area contributed by atoms with E-state index in [2.05, 4.69) is 10.3 Å². The normalized spacial score (nSPS) is 12.0. The van der Waals surface area contributed by atoms with Crippen molar-refractivity contribution in [1.29, 1.82) is 0 Å². The van der Waals surface area contributed by atoms with E-state index in [1.54, 1.807) is 18.8 Å². The highest BCUT2D eigenvalue weighted by molar-refractivity contribution is 5.77. The van der Waals surface area contributed by atoms with Crippen LogP contribution in [0.1, 0.15) is 29.0 Å². The summed E-state index contributed by atoms with van der Waals surface area (Å²) in [5.74, 6) is -0.870. The van der Waals surface area contributed by atoms with E-state index in [1.165, 1.54) is 4.90 Å². The van der Waals surface area contributed by atoms with E-state index in [0.717, 1.165) is 22.2 Å². The van der Waals surface area contributed by atoms with Crippen LogP contribution < -0.4 is 4.74 Å². The molecule has 0 fully saturated rings. The number of aryl methyl sites for hydroxylation is 2. The third-order valence-electron chi connectivity index (χ3n) is 4.88. The van der Waals surface area contributed by atoms with Crippen LogP contribution in [-0.2, 0) is 16.6 Å². The molecule has 8 heteroatoms. The Hall–Kier alpha value is -3.42. The number of amides is 1. The fourth-order valence-corrected chi connectivity index (χ4v) is 3.13. The van der Waals surface area contributed by atoms with Gasteiger partial charge in [-0.2, -0.15) is 0 Å². The lowest BCUT2D eigenvalue weighted by Gasteiger charge is -2.19. The van der Waals surface area contributed by atoms with Crippen molar-refractivity contribution in [1.82, 2.24) is 19.9 Å². The second kappa shape index (κ2) is 8.30. The van der Waals surface area contributed by atoms with Crippen LogP contribution in [0, 0.1) is 6.92 Å². The molecule has 8 nitrogen and oxygen atoms in total. The molecule has 2 aromatic carbocycles. The monoisotopic (exact) mass is 396 g/mol. The summed E-state index contributed by atoms with van der Waals surface area (Å²) in [6, 6.07) is 11.2. The van der Waals surface area contributed by atoms with Crippen LogP contribution in [0.3, 0.4) is 0 Å². The predicted octanol–water partition coefficient (Wildman–Crippen LogP) is 2.35. The fraction of sp³-hybridized carbons (Fsp3) is 0.333. The number of benzene rings is 2. The summed E-state index contributed by atoms with van der Waals surface area (Å²) < 4.78 is 7.37. The van der Waals surface area contributed by atoms with E-state index in [0.29, 0.717) is 11.3 Å². The number of hydrogen-bond acceptors (Lipinski definition) is 5. The summed E-state index contributed by atoms with van der Waals surface area (Å²) in [4.78, 5) is 24.9. The first-order valence-electron chi connectivity index (χ1n) is 9.21. The number of likely N-dealkylation sites (N-methyl/N-ethyl adjacent to an activating group) is 1. The topological polar surface area (TPSA) is 97.5 Å². The third kappa shape index (κ3) is 4.53. The quantitative estimate of drug-likeness (QED) is 0.658. The van der Waals surface area contributed by atoms with Crippen molar-refractivity contribution in [3.8, 4) is 5.75 Å². The zero-order valence-electron chi connectivity index (χ0n) is 16.9. The number of carboxylic acid groups (broad SMARTS) is 1. The van der Waals surface area contributed by atoms with Gasteiger partial charge >= 0.3 is 5.97 Å². The largest absolute Gasteiger partial charge is 0.483 e. The maximum absolute atomic E-state index is 11.8. The summed E-state index contributed by atoms with van der Waals surface area (Å²) in [7, 11) is 5.14. The summed E-state index contributed by atoms with van der Waals surface area (Å²) in [5, 5.41) is 17.6. The molecule has 3 rings (SSSR count). The number of aromatic nitrogens is 3. The Kier molecular flexibility index (Phi) is 5.81. The maximum atomic E-state index is 11.8. The first-order valence-corrected chi connectivity index (χ1v) is 9.21. The van der Waals surface area contributed by atoms with Crippen molar-refractivity contribution >= 4 is 22.9 Å². The van der Waals surface area contributed by atoms with Gasteiger partial charge in [-0.3, -0.25) is 9.59 Å². The van der Waals surface area contributed by atoms with E-state index < -0.39 is 5.97 Å². The van der Waals surface area contributed by atoms with Crippen molar-refractivity contribution in [3.05, 3.63) is 53.1 Å². The molecule has 0 saturated heterocycles. The first-order chi connectivity index (χ1) is 13.8. The Morgan fingerprint density at radius 3 is 2.55 bits per heavy atom. The van der Waals surface area contributed by atoms with Crippen molar-refractivity contribution < 1.29 is 19.4 Å². The number of ether oxygens (including phenoxy) is 1. The summed E-state index contributed by atoms with van der Waals surface area (Å²) >= 11 is 0. The molecular weight excluding hydrogens is 372 g/mol. The van der Waals surface area contributed by atoms with Gasteiger partial charge in [0, 0.05) is 27.1 Å². The molecule has 3 aromatic rings. The van der Waals surface area contributed by atoms with E-state index in [-0.39, 0.29) is 24.9 Å². The minimum absolute atomic E-state index is 0.0769. The van der Waals surface area contributed by atoms with Gasteiger partial charge in [0.1, 0.15) is 11.3 Å². The van der Waals surface area contributed by atoms with Gasteiger partial charge in [-0.1, -0.05) is 23.4 Å². The van der Waals surface area contributed by atoms with Crippen molar-refractivity contribution in [2.45, 2.75) is 19.3 Å². The molecule has 1 unspecified atom stereocenters. The molecule has 0 radical (unpaired) electrons. The average Bonchev–Trinajstić information content (AvgIpc) is 3.05. The lowest BCUT2D eigenvalue weighted by atomic mass is 9.87. The summed E-state index contributed by atoms with van der Waals surface area (Å²) in [6.45, 7) is 1.81. The smallest absolute Gasteiger partial charge is 0.304 e. The summed E-state index contributed by atoms with van der Waals surface area (Å²) in [6.07, 6.45) is -0.0785. The number of aliphatic carboxylic acids is 1. The van der Waals surface area contributed by atoms with Gasteiger partial charge in [0.2, 0.25) is 0 Å². The van der Waals surface area contributed by atoms with Crippen LogP contribution in [0.2, 0.25) is 0 Å². The lowest BCUT2D eigenvalue weighted by Crippen LogP contribution is -2.27. The van der Waals surface area contributed by atoms with E-state index in [9.17, 15) is 14.7 Å². The van der Waals surface area contributed by atoms with Gasteiger partial charge in [-0.25, -0.2) is 4.68 Å². The highest BCUT2D eigenvalue weighted by Gasteiger charge is 2.20. The van der Waals surface area contributed by atoms with Crippen LogP contribution in [0.4, 0.5) is 0 Å². The van der Waals surface area contributed by atoms with Gasteiger partial charge in [0.25, 0.3) is 5.91 Å². The van der Waals surface area contributed by atoms with Crippen LogP contribution in [0.25, 0.3) is 11.0 Å². The lowest BCUT2D eigenvalue weighted by molar-refractivity contribution is -0.137. The van der Waals surface area contributed by atoms with Gasteiger partial charge in [-0.05, 0) is 41.8 Å². The second-order valence-corrected chi connectivity index (χ2v) is 7.21. The number of carboxylic acids is 1. The first kappa shape index (κ1) is 20.3. The predicted molar refractivity (Wildman–Crippen MR) is 108 cm³/mol. The highest BCUT2D eigenvalue weighted by Crippen LogP contribution is 2.33. The number of nitrogens with zero attached hydrogens (tertiary/aromatic N) is 4. The molecule has 0 saturated carbocycles. The molecule has 152 valence electrons. The molecule has 1 aromatic heterocycles.